The molecule has 1 saturated heterocycles. The Morgan fingerprint density at radius 2 is 2.12 bits per heavy atom. The molecule has 0 spiro atoms. The van der Waals surface area contributed by atoms with Crippen molar-refractivity contribution in [1.29, 1.82) is 0 Å². The number of amides is 1. The summed E-state index contributed by atoms with van der Waals surface area (Å²) in [5, 5.41) is 6.61. The fraction of sp³-hybridized carbons (Fsp3) is 0.556. The number of para-hydroxylation sites is 1. The normalized spacial score (nSPS) is 18.1. The Kier molecular flexibility index (Phi) is 7.55. The summed E-state index contributed by atoms with van der Waals surface area (Å²) in [5.74, 6) is 0.910. The van der Waals surface area contributed by atoms with Crippen molar-refractivity contribution in [2.24, 2.45) is 4.99 Å². The lowest BCUT2D eigenvalue weighted by atomic mass is 10.2. The van der Waals surface area contributed by atoms with Crippen LogP contribution < -0.4 is 15.5 Å². The first-order valence-electron chi connectivity index (χ1n) is 8.72. The number of anilines is 1. The van der Waals surface area contributed by atoms with Crippen LogP contribution in [0.25, 0.3) is 0 Å². The van der Waals surface area contributed by atoms with E-state index < -0.39 is 0 Å². The highest BCUT2D eigenvalue weighted by atomic mass is 16.5. The number of rotatable bonds is 8. The number of nitrogens with one attached hydrogen (secondary N) is 2. The van der Waals surface area contributed by atoms with Crippen molar-refractivity contribution in [3.63, 3.8) is 0 Å². The van der Waals surface area contributed by atoms with Gasteiger partial charge < -0.3 is 20.3 Å². The third kappa shape index (κ3) is 5.53. The topological polar surface area (TPSA) is 66.0 Å². The van der Waals surface area contributed by atoms with Crippen molar-refractivity contribution in [3.8, 4) is 0 Å². The van der Waals surface area contributed by atoms with Gasteiger partial charge in [0.2, 0.25) is 5.91 Å². The number of aliphatic imine (C=N–C) groups is 1. The molecule has 0 radical (unpaired) electrons. The highest BCUT2D eigenvalue weighted by Gasteiger charge is 2.30. The molecule has 6 nitrogen and oxygen atoms in total. The summed E-state index contributed by atoms with van der Waals surface area (Å²) in [6, 6.07) is 9.86. The van der Waals surface area contributed by atoms with E-state index in [4.69, 9.17) is 4.74 Å². The number of benzene rings is 1. The van der Waals surface area contributed by atoms with Gasteiger partial charge in [0.15, 0.2) is 5.96 Å². The van der Waals surface area contributed by atoms with Crippen LogP contribution in [0.1, 0.15) is 26.7 Å². The van der Waals surface area contributed by atoms with Crippen LogP contribution in [0.5, 0.6) is 0 Å². The largest absolute Gasteiger partial charge is 0.382 e. The molecule has 2 N–H and O–H groups in total. The van der Waals surface area contributed by atoms with Gasteiger partial charge in [-0.1, -0.05) is 18.2 Å². The minimum absolute atomic E-state index is 0.0717. The fourth-order valence-electron chi connectivity index (χ4n) is 2.68. The van der Waals surface area contributed by atoms with Crippen LogP contribution in [-0.4, -0.2) is 50.8 Å². The third-order valence-electron chi connectivity index (χ3n) is 3.80. The SMILES string of the molecule is CCNC(=NCCCOCC)NC1CC(=O)N(c2ccccc2)C1. The van der Waals surface area contributed by atoms with Gasteiger partial charge in [-0.25, -0.2) is 0 Å². The third-order valence-corrected chi connectivity index (χ3v) is 3.80. The maximum atomic E-state index is 12.3. The van der Waals surface area contributed by atoms with E-state index in [2.05, 4.69) is 15.6 Å². The molecule has 6 heteroatoms. The van der Waals surface area contributed by atoms with Gasteiger partial charge in [0, 0.05) is 45.0 Å². The van der Waals surface area contributed by atoms with Gasteiger partial charge in [0.1, 0.15) is 0 Å². The molecule has 1 fully saturated rings. The molecule has 0 aliphatic carbocycles. The molecule has 0 saturated carbocycles. The molecule has 1 heterocycles. The second-order valence-electron chi connectivity index (χ2n) is 5.70. The van der Waals surface area contributed by atoms with Gasteiger partial charge >= 0.3 is 0 Å². The molecular weight excluding hydrogens is 304 g/mol. The number of hydrogen-bond donors (Lipinski definition) is 2. The van der Waals surface area contributed by atoms with E-state index in [0.29, 0.717) is 19.5 Å². The summed E-state index contributed by atoms with van der Waals surface area (Å²) < 4.78 is 5.32. The molecule has 1 aliphatic rings. The summed E-state index contributed by atoms with van der Waals surface area (Å²) in [6.07, 6.45) is 1.38. The first-order chi connectivity index (χ1) is 11.7. The number of hydrogen-bond acceptors (Lipinski definition) is 3. The van der Waals surface area contributed by atoms with Crippen molar-refractivity contribution in [2.75, 3.05) is 37.7 Å². The Labute approximate surface area is 144 Å². The predicted molar refractivity (Wildman–Crippen MR) is 97.4 cm³/mol. The Bertz CT molecular complexity index is 533. The molecule has 1 amide bonds. The van der Waals surface area contributed by atoms with E-state index in [9.17, 15) is 4.79 Å². The molecule has 1 aromatic carbocycles. The maximum Gasteiger partial charge on any atom is 0.229 e. The minimum Gasteiger partial charge on any atom is -0.382 e. The zero-order chi connectivity index (χ0) is 17.2. The summed E-state index contributed by atoms with van der Waals surface area (Å²) in [6.45, 7) is 7.65. The van der Waals surface area contributed by atoms with Crippen molar-refractivity contribution >= 4 is 17.6 Å². The average molecular weight is 332 g/mol. The summed E-state index contributed by atoms with van der Waals surface area (Å²) in [7, 11) is 0. The molecule has 1 aromatic rings. The Morgan fingerprint density at radius 1 is 1.33 bits per heavy atom. The molecule has 0 bridgehead atoms. The Morgan fingerprint density at radius 3 is 2.83 bits per heavy atom. The van der Waals surface area contributed by atoms with Crippen LogP contribution in [0, 0.1) is 0 Å². The number of carbonyl (C=O) groups is 1. The van der Waals surface area contributed by atoms with E-state index in [1.54, 1.807) is 0 Å². The van der Waals surface area contributed by atoms with E-state index in [0.717, 1.165) is 37.8 Å². The smallest absolute Gasteiger partial charge is 0.229 e. The van der Waals surface area contributed by atoms with Gasteiger partial charge in [0.25, 0.3) is 0 Å². The lowest BCUT2D eigenvalue weighted by Crippen LogP contribution is -2.44. The summed E-state index contributed by atoms with van der Waals surface area (Å²) in [4.78, 5) is 18.7. The Hall–Kier alpha value is -2.08. The number of carbonyl (C=O) groups excluding carboxylic acids is 1. The zero-order valence-corrected chi connectivity index (χ0v) is 14.6. The monoisotopic (exact) mass is 332 g/mol. The van der Waals surface area contributed by atoms with E-state index in [1.165, 1.54) is 0 Å². The van der Waals surface area contributed by atoms with Crippen LogP contribution in [0.3, 0.4) is 0 Å². The van der Waals surface area contributed by atoms with Gasteiger partial charge in [-0.05, 0) is 32.4 Å². The molecule has 1 unspecified atom stereocenters. The molecule has 132 valence electrons. The lowest BCUT2D eigenvalue weighted by molar-refractivity contribution is -0.117. The Balaban J connectivity index is 1.88. The lowest BCUT2D eigenvalue weighted by Gasteiger charge is -2.19. The highest BCUT2D eigenvalue weighted by molar-refractivity contribution is 5.97. The molecule has 1 atom stereocenters. The minimum atomic E-state index is 0.0717. The van der Waals surface area contributed by atoms with Gasteiger partial charge in [-0.15, -0.1) is 0 Å². The van der Waals surface area contributed by atoms with Crippen LogP contribution >= 0.6 is 0 Å². The second kappa shape index (κ2) is 9.93. The first kappa shape index (κ1) is 18.3. The van der Waals surface area contributed by atoms with Crippen molar-refractivity contribution in [2.45, 2.75) is 32.7 Å². The van der Waals surface area contributed by atoms with E-state index >= 15 is 0 Å². The van der Waals surface area contributed by atoms with E-state index in [1.807, 2.05) is 49.1 Å². The quantitative estimate of drug-likeness (QED) is 0.433. The van der Waals surface area contributed by atoms with Gasteiger partial charge in [-0.3, -0.25) is 9.79 Å². The zero-order valence-electron chi connectivity index (χ0n) is 14.6. The average Bonchev–Trinajstić information content (AvgIpc) is 2.96. The van der Waals surface area contributed by atoms with Gasteiger partial charge in [0.05, 0.1) is 6.04 Å². The van der Waals surface area contributed by atoms with Crippen LogP contribution in [0.2, 0.25) is 0 Å². The highest BCUT2D eigenvalue weighted by Crippen LogP contribution is 2.20. The number of ether oxygens (including phenoxy) is 1. The number of guanidine groups is 1. The van der Waals surface area contributed by atoms with Crippen LogP contribution in [0.15, 0.2) is 35.3 Å². The molecular formula is C18H28N4O2. The predicted octanol–water partition coefficient (Wildman–Crippen LogP) is 1.77. The van der Waals surface area contributed by atoms with Gasteiger partial charge in [-0.2, -0.15) is 0 Å². The standard InChI is InChI=1S/C18H28N4O2/c1-3-19-18(20-11-8-12-24-4-2)21-15-13-17(23)22(14-15)16-9-6-5-7-10-16/h5-7,9-10,15H,3-4,8,11-14H2,1-2H3,(H2,19,20,21). The molecule has 1 aliphatic heterocycles. The maximum absolute atomic E-state index is 12.3. The van der Waals surface area contributed by atoms with Crippen molar-refractivity contribution in [1.82, 2.24) is 10.6 Å². The van der Waals surface area contributed by atoms with Crippen molar-refractivity contribution < 1.29 is 9.53 Å². The summed E-state index contributed by atoms with van der Waals surface area (Å²) >= 11 is 0. The second-order valence-corrected chi connectivity index (χ2v) is 5.70. The van der Waals surface area contributed by atoms with Crippen LogP contribution in [-0.2, 0) is 9.53 Å². The first-order valence-corrected chi connectivity index (χ1v) is 8.72. The summed E-state index contributed by atoms with van der Waals surface area (Å²) in [5.41, 5.74) is 0.949. The number of nitrogens with zero attached hydrogens (tertiary/aromatic N) is 2. The molecule has 0 aromatic heterocycles. The van der Waals surface area contributed by atoms with Crippen LogP contribution in [0.4, 0.5) is 5.69 Å². The molecule has 24 heavy (non-hydrogen) atoms. The molecule has 2 rings (SSSR count). The van der Waals surface area contributed by atoms with Crippen molar-refractivity contribution in [3.05, 3.63) is 30.3 Å². The fourth-order valence-corrected chi connectivity index (χ4v) is 2.68. The van der Waals surface area contributed by atoms with E-state index in [-0.39, 0.29) is 11.9 Å².